The van der Waals surface area contributed by atoms with Gasteiger partial charge in [0.2, 0.25) is 5.91 Å². The van der Waals surface area contributed by atoms with Gasteiger partial charge < -0.3 is 4.90 Å². The van der Waals surface area contributed by atoms with Crippen molar-refractivity contribution in [2.75, 3.05) is 12.3 Å². The van der Waals surface area contributed by atoms with Crippen LogP contribution in [0.2, 0.25) is 0 Å². The summed E-state index contributed by atoms with van der Waals surface area (Å²) in [6.07, 6.45) is 0.983. The van der Waals surface area contributed by atoms with Gasteiger partial charge in [-0.05, 0) is 48.1 Å². The van der Waals surface area contributed by atoms with Crippen molar-refractivity contribution < 1.29 is 4.79 Å². The maximum atomic E-state index is 12.5. The summed E-state index contributed by atoms with van der Waals surface area (Å²) in [5, 5.41) is 4.22. The van der Waals surface area contributed by atoms with Crippen LogP contribution in [0.5, 0.6) is 0 Å². The number of para-hydroxylation sites is 1. The van der Waals surface area contributed by atoms with E-state index in [0.717, 1.165) is 30.1 Å². The number of thiophene rings is 1. The first-order chi connectivity index (χ1) is 11.7. The number of amides is 1. The maximum absolute atomic E-state index is 12.5. The van der Waals surface area contributed by atoms with E-state index in [1.54, 1.807) is 11.3 Å². The minimum Gasteiger partial charge on any atom is -0.337 e. The van der Waals surface area contributed by atoms with Gasteiger partial charge >= 0.3 is 0 Å². The summed E-state index contributed by atoms with van der Waals surface area (Å²) in [4.78, 5) is 20.6. The molecule has 1 aliphatic rings. The number of nitrogens with zero attached hydrogens (tertiary/aromatic N) is 2. The highest BCUT2D eigenvalue weighted by Gasteiger charge is 2.21. The number of carbonyl (C=O) groups excluding carboxylic acids is 1. The Hall–Kier alpha value is -1.85. The Balaban J connectivity index is 1.44. The van der Waals surface area contributed by atoms with Crippen molar-refractivity contribution in [3.05, 3.63) is 57.8 Å². The van der Waals surface area contributed by atoms with E-state index >= 15 is 0 Å². The largest absolute Gasteiger partial charge is 0.337 e. The Morgan fingerprint density at radius 3 is 3.12 bits per heavy atom. The SMILES string of the molecule is Cc1cc(SCC(=O)N2CCc3sccc3C2)nc2ccccc12. The number of aryl methyl sites for hydroxylation is 1. The Morgan fingerprint density at radius 1 is 1.33 bits per heavy atom. The van der Waals surface area contributed by atoms with E-state index in [1.807, 2.05) is 23.1 Å². The van der Waals surface area contributed by atoms with Crippen LogP contribution in [0.4, 0.5) is 0 Å². The van der Waals surface area contributed by atoms with Crippen LogP contribution in [0.3, 0.4) is 0 Å². The highest BCUT2D eigenvalue weighted by atomic mass is 32.2. The number of thioether (sulfide) groups is 1. The molecule has 0 saturated carbocycles. The van der Waals surface area contributed by atoms with Crippen molar-refractivity contribution >= 4 is 39.9 Å². The van der Waals surface area contributed by atoms with Crippen molar-refractivity contribution in [2.24, 2.45) is 0 Å². The Morgan fingerprint density at radius 2 is 2.21 bits per heavy atom. The molecule has 0 unspecified atom stereocenters. The van der Waals surface area contributed by atoms with Crippen molar-refractivity contribution in [3.8, 4) is 0 Å². The third kappa shape index (κ3) is 3.06. The van der Waals surface area contributed by atoms with Crippen molar-refractivity contribution in [3.63, 3.8) is 0 Å². The third-order valence-electron chi connectivity index (χ3n) is 4.40. The summed E-state index contributed by atoms with van der Waals surface area (Å²) < 4.78 is 0. The molecule has 3 heterocycles. The van der Waals surface area contributed by atoms with Crippen LogP contribution in [-0.4, -0.2) is 28.1 Å². The molecule has 3 nitrogen and oxygen atoms in total. The Bertz CT molecular complexity index is 903. The van der Waals surface area contributed by atoms with Gasteiger partial charge in [0.15, 0.2) is 0 Å². The fourth-order valence-electron chi connectivity index (χ4n) is 3.08. The first-order valence-electron chi connectivity index (χ1n) is 8.03. The third-order valence-corrected chi connectivity index (χ3v) is 6.32. The molecule has 0 aliphatic carbocycles. The number of carbonyl (C=O) groups is 1. The molecule has 1 aliphatic heterocycles. The van der Waals surface area contributed by atoms with E-state index in [9.17, 15) is 4.79 Å². The molecule has 1 amide bonds. The predicted molar refractivity (Wildman–Crippen MR) is 101 cm³/mol. The van der Waals surface area contributed by atoms with Crippen molar-refractivity contribution in [1.29, 1.82) is 0 Å². The van der Waals surface area contributed by atoms with Crippen molar-refractivity contribution in [1.82, 2.24) is 9.88 Å². The fourth-order valence-corrected chi connectivity index (χ4v) is 4.85. The Labute approximate surface area is 149 Å². The quantitative estimate of drug-likeness (QED) is 0.658. The molecule has 0 radical (unpaired) electrons. The summed E-state index contributed by atoms with van der Waals surface area (Å²) >= 11 is 3.33. The zero-order valence-electron chi connectivity index (χ0n) is 13.5. The monoisotopic (exact) mass is 354 g/mol. The zero-order chi connectivity index (χ0) is 16.5. The van der Waals surface area contributed by atoms with Gasteiger partial charge in [0, 0.05) is 23.4 Å². The smallest absolute Gasteiger partial charge is 0.233 e. The number of hydrogen-bond acceptors (Lipinski definition) is 4. The van der Waals surface area contributed by atoms with Gasteiger partial charge in [-0.15, -0.1) is 11.3 Å². The summed E-state index contributed by atoms with van der Waals surface area (Å²) in [6.45, 7) is 3.68. The number of aromatic nitrogens is 1. The molecule has 1 aromatic carbocycles. The van der Waals surface area contributed by atoms with E-state index in [1.165, 1.54) is 33.2 Å². The van der Waals surface area contributed by atoms with E-state index in [4.69, 9.17) is 0 Å². The predicted octanol–water partition coefficient (Wildman–Crippen LogP) is 4.28. The lowest BCUT2D eigenvalue weighted by Gasteiger charge is -2.26. The number of hydrogen-bond donors (Lipinski definition) is 0. The van der Waals surface area contributed by atoms with Crippen LogP contribution < -0.4 is 0 Å². The molecule has 122 valence electrons. The van der Waals surface area contributed by atoms with E-state index in [0.29, 0.717) is 5.75 Å². The van der Waals surface area contributed by atoms with Crippen molar-refractivity contribution in [2.45, 2.75) is 24.9 Å². The van der Waals surface area contributed by atoms with Crippen LogP contribution in [0.25, 0.3) is 10.9 Å². The average Bonchev–Trinajstić information content (AvgIpc) is 3.07. The van der Waals surface area contributed by atoms with Gasteiger partial charge in [-0.2, -0.15) is 0 Å². The second-order valence-corrected chi connectivity index (χ2v) is 8.01. The van der Waals surface area contributed by atoms with Gasteiger partial charge in [-0.25, -0.2) is 4.98 Å². The van der Waals surface area contributed by atoms with Crippen LogP contribution in [-0.2, 0) is 17.8 Å². The molecule has 24 heavy (non-hydrogen) atoms. The topological polar surface area (TPSA) is 33.2 Å². The second kappa shape index (κ2) is 6.57. The minimum atomic E-state index is 0.199. The highest BCUT2D eigenvalue weighted by molar-refractivity contribution is 7.99. The molecular weight excluding hydrogens is 336 g/mol. The molecule has 0 atom stereocenters. The van der Waals surface area contributed by atoms with Gasteiger partial charge in [-0.3, -0.25) is 4.79 Å². The lowest BCUT2D eigenvalue weighted by molar-refractivity contribution is -0.129. The van der Waals surface area contributed by atoms with Crippen LogP contribution in [0.1, 0.15) is 16.0 Å². The zero-order valence-corrected chi connectivity index (χ0v) is 15.1. The molecule has 0 saturated heterocycles. The first kappa shape index (κ1) is 15.7. The lowest BCUT2D eigenvalue weighted by Crippen LogP contribution is -2.36. The number of benzene rings is 1. The summed E-state index contributed by atoms with van der Waals surface area (Å²) in [6, 6.07) is 12.4. The fraction of sp³-hybridized carbons (Fsp3) is 0.263. The highest BCUT2D eigenvalue weighted by Crippen LogP contribution is 2.26. The normalized spacial score (nSPS) is 14.0. The van der Waals surface area contributed by atoms with E-state index < -0.39 is 0 Å². The standard InChI is InChI=1S/C19H18N2OS2/c1-13-10-18(20-16-5-3-2-4-15(13)16)24-12-19(22)21-8-6-17-14(11-21)7-9-23-17/h2-5,7,9-10H,6,8,11-12H2,1H3. The Kier molecular flexibility index (Phi) is 4.29. The van der Waals surface area contributed by atoms with Gasteiger partial charge in [0.25, 0.3) is 0 Å². The van der Waals surface area contributed by atoms with Crippen LogP contribution >= 0.6 is 23.1 Å². The number of rotatable bonds is 3. The molecule has 0 N–H and O–H groups in total. The number of pyridine rings is 1. The van der Waals surface area contributed by atoms with Gasteiger partial charge in [0.05, 0.1) is 16.3 Å². The molecule has 0 spiro atoms. The van der Waals surface area contributed by atoms with E-state index in [-0.39, 0.29) is 5.91 Å². The first-order valence-corrected chi connectivity index (χ1v) is 9.89. The van der Waals surface area contributed by atoms with Gasteiger partial charge in [-0.1, -0.05) is 30.0 Å². The molecule has 0 bridgehead atoms. The molecule has 2 aromatic heterocycles. The van der Waals surface area contributed by atoms with Gasteiger partial charge in [0.1, 0.15) is 0 Å². The molecular formula is C19H18N2OS2. The molecule has 3 aromatic rings. The molecule has 5 heteroatoms. The van der Waals surface area contributed by atoms with E-state index in [2.05, 4.69) is 35.5 Å². The summed E-state index contributed by atoms with van der Waals surface area (Å²) in [5.41, 5.74) is 3.51. The number of fused-ring (bicyclic) bond motifs is 2. The second-order valence-electron chi connectivity index (χ2n) is 6.02. The maximum Gasteiger partial charge on any atom is 0.233 e. The molecule has 4 rings (SSSR count). The minimum absolute atomic E-state index is 0.199. The van der Waals surface area contributed by atoms with Crippen LogP contribution in [0, 0.1) is 6.92 Å². The average molecular weight is 355 g/mol. The summed E-state index contributed by atoms with van der Waals surface area (Å²) in [7, 11) is 0. The lowest BCUT2D eigenvalue weighted by atomic mass is 10.1. The summed E-state index contributed by atoms with van der Waals surface area (Å²) in [5.74, 6) is 0.647. The van der Waals surface area contributed by atoms with Crippen LogP contribution in [0.15, 0.2) is 46.8 Å². The molecule has 0 fully saturated rings.